The summed E-state index contributed by atoms with van der Waals surface area (Å²) < 4.78 is 224. The molecule has 5 nitrogen and oxygen atoms in total. The van der Waals surface area contributed by atoms with Crippen molar-refractivity contribution in [3.05, 3.63) is 29.8 Å². The van der Waals surface area contributed by atoms with Crippen molar-refractivity contribution in [2.24, 2.45) is 0 Å². The van der Waals surface area contributed by atoms with E-state index in [-0.39, 0.29) is 0 Å². The first-order chi connectivity index (χ1) is 15.6. The predicted molar refractivity (Wildman–Crippen MR) is 82.2 cm³/mol. The molecule has 0 unspecified atom stereocenters. The summed E-state index contributed by atoms with van der Waals surface area (Å²) in [6.45, 7) is -1.43. The van der Waals surface area contributed by atoms with Gasteiger partial charge in [0.05, 0.1) is 4.90 Å². The Balaban J connectivity index is 3.10. The normalized spacial score (nSPS) is 15.3. The summed E-state index contributed by atoms with van der Waals surface area (Å²) in [5.41, 5.74) is 0.430. The van der Waals surface area contributed by atoms with Crippen LogP contribution in [0.3, 0.4) is 0 Å². The largest absolute Gasteiger partial charge is 0.460 e. The van der Waals surface area contributed by atoms with Crippen LogP contribution >= 0.6 is 0 Å². The van der Waals surface area contributed by atoms with E-state index in [0.717, 1.165) is 24.3 Å². The van der Waals surface area contributed by atoms with Gasteiger partial charge in [-0.3, -0.25) is 4.18 Å². The lowest BCUT2D eigenvalue weighted by molar-refractivity contribution is -0.542. The molecule has 1 aromatic carbocycles. The van der Waals surface area contributed by atoms with Crippen molar-refractivity contribution < 1.29 is 87.9 Å². The number of hydrogen-bond donors (Lipinski definition) is 0. The highest BCUT2D eigenvalue weighted by Crippen LogP contribution is 2.55. The zero-order valence-corrected chi connectivity index (χ0v) is 17.5. The standard InChI is InChI=1S/C15H9F15O5S/c1-7-2-4-8(5-3-7)36(31,32)33-6-9(16,17)34-14(27,28)15(29,30)35-13(25,26)11(20,21)10(18,19)12(22,23)24/h2-5H,6H2,1H3. The fourth-order valence-electron chi connectivity index (χ4n) is 1.84. The van der Waals surface area contributed by atoms with Gasteiger partial charge in [0.15, 0.2) is 6.61 Å². The number of ether oxygens (including phenoxy) is 2. The van der Waals surface area contributed by atoms with Crippen molar-refractivity contribution in [3.63, 3.8) is 0 Å². The second-order valence-corrected chi connectivity index (χ2v) is 8.18. The average Bonchev–Trinajstić information content (AvgIpc) is 2.64. The van der Waals surface area contributed by atoms with Crippen molar-refractivity contribution in [3.8, 4) is 0 Å². The lowest BCUT2D eigenvalue weighted by Gasteiger charge is -2.36. The van der Waals surface area contributed by atoms with Crippen LogP contribution in [0.25, 0.3) is 0 Å². The molecule has 1 rings (SSSR count). The average molecular weight is 586 g/mol. The minimum atomic E-state index is -7.98. The third-order valence-corrected chi connectivity index (χ3v) is 4.96. The van der Waals surface area contributed by atoms with E-state index >= 15 is 0 Å². The maximum absolute atomic E-state index is 13.5. The molecule has 0 saturated carbocycles. The first kappa shape index (κ1) is 32.0. The maximum atomic E-state index is 13.5. The van der Waals surface area contributed by atoms with Gasteiger partial charge in [0.1, 0.15) is 0 Å². The molecule has 210 valence electrons. The first-order valence-corrected chi connectivity index (χ1v) is 9.73. The van der Waals surface area contributed by atoms with Gasteiger partial charge < -0.3 is 0 Å². The van der Waals surface area contributed by atoms with Crippen molar-refractivity contribution >= 4 is 10.1 Å². The van der Waals surface area contributed by atoms with Crippen LogP contribution in [0.15, 0.2) is 29.2 Å². The molecule has 0 aliphatic carbocycles. The van der Waals surface area contributed by atoms with E-state index in [1.165, 1.54) is 11.7 Å². The van der Waals surface area contributed by atoms with Gasteiger partial charge in [-0.15, -0.1) is 0 Å². The summed E-state index contributed by atoms with van der Waals surface area (Å²) in [6.07, 6.45) is -35.8. The summed E-state index contributed by atoms with van der Waals surface area (Å²) in [5, 5.41) is 0. The molecular formula is C15H9F15O5S. The Kier molecular flexibility index (Phi) is 8.35. The molecule has 0 radical (unpaired) electrons. The van der Waals surface area contributed by atoms with E-state index in [1.54, 1.807) is 0 Å². The lowest BCUT2D eigenvalue weighted by atomic mass is 10.1. The molecule has 21 heteroatoms. The minimum absolute atomic E-state index is 0.430. The second kappa shape index (κ2) is 9.39. The van der Waals surface area contributed by atoms with Gasteiger partial charge in [0, 0.05) is 0 Å². The monoisotopic (exact) mass is 586 g/mol. The van der Waals surface area contributed by atoms with Crippen molar-refractivity contribution in [2.75, 3.05) is 6.61 Å². The van der Waals surface area contributed by atoms with Crippen LogP contribution in [0.2, 0.25) is 0 Å². The Morgan fingerprint density at radius 2 is 1.06 bits per heavy atom. The van der Waals surface area contributed by atoms with E-state index < -0.39 is 64.1 Å². The maximum Gasteiger partial charge on any atom is 0.460 e. The SMILES string of the molecule is Cc1ccc(S(=O)(=O)OCC(F)(F)OC(F)(F)C(F)(F)OC(F)(F)C(F)(F)C(F)(F)C(F)(F)F)cc1. The Labute approximate surface area is 189 Å². The molecule has 0 atom stereocenters. The number of hydrogen-bond acceptors (Lipinski definition) is 5. The molecule has 0 spiro atoms. The summed E-state index contributed by atoms with van der Waals surface area (Å²) in [7, 11) is -5.21. The topological polar surface area (TPSA) is 61.8 Å². The molecule has 0 aliphatic heterocycles. The molecule has 0 saturated heterocycles. The van der Waals surface area contributed by atoms with Gasteiger partial charge in [0.2, 0.25) is 0 Å². The Morgan fingerprint density at radius 3 is 1.47 bits per heavy atom. The van der Waals surface area contributed by atoms with Gasteiger partial charge in [-0.25, -0.2) is 9.47 Å². The number of rotatable bonds is 11. The van der Waals surface area contributed by atoms with Crippen molar-refractivity contribution in [1.29, 1.82) is 0 Å². The van der Waals surface area contributed by atoms with Crippen LogP contribution < -0.4 is 0 Å². The fourth-order valence-corrected chi connectivity index (χ4v) is 2.74. The van der Waals surface area contributed by atoms with Crippen LogP contribution in [0.5, 0.6) is 0 Å². The summed E-state index contributed by atoms with van der Waals surface area (Å²) in [5.74, 6) is -15.8. The van der Waals surface area contributed by atoms with Gasteiger partial charge in [0.25, 0.3) is 10.1 Å². The van der Waals surface area contributed by atoms with E-state index in [0.29, 0.717) is 5.56 Å². The van der Waals surface area contributed by atoms with Gasteiger partial charge in [-0.05, 0) is 19.1 Å². The van der Waals surface area contributed by atoms with E-state index in [9.17, 15) is 74.3 Å². The number of halogens is 15. The summed E-state index contributed by atoms with van der Waals surface area (Å²) in [6, 6.07) is 3.68. The highest BCUT2D eigenvalue weighted by Gasteiger charge is 2.85. The third kappa shape index (κ3) is 6.46. The Bertz CT molecular complexity index is 1020. The van der Waals surface area contributed by atoms with Crippen LogP contribution in [-0.4, -0.2) is 57.5 Å². The molecule has 0 bridgehead atoms. The van der Waals surface area contributed by atoms with E-state index in [4.69, 9.17) is 0 Å². The summed E-state index contributed by atoms with van der Waals surface area (Å²) in [4.78, 5) is -0.878. The van der Waals surface area contributed by atoms with Crippen LogP contribution in [-0.2, 0) is 23.8 Å². The Hall–Kier alpha value is -2.00. The lowest BCUT2D eigenvalue weighted by Crippen LogP contribution is -2.64. The van der Waals surface area contributed by atoms with Crippen LogP contribution in [0.1, 0.15) is 5.56 Å². The molecule has 0 fully saturated rings. The minimum Gasteiger partial charge on any atom is -0.257 e. The molecular weight excluding hydrogens is 577 g/mol. The molecule has 0 aliphatic rings. The molecule has 0 aromatic heterocycles. The molecule has 1 aromatic rings. The van der Waals surface area contributed by atoms with Crippen molar-refractivity contribution in [1.82, 2.24) is 0 Å². The third-order valence-electron chi connectivity index (χ3n) is 3.68. The number of alkyl halides is 15. The number of aryl methyl sites for hydroxylation is 1. The predicted octanol–water partition coefficient (Wildman–Crippen LogP) is 5.94. The number of benzene rings is 1. The van der Waals surface area contributed by atoms with Crippen LogP contribution in [0.4, 0.5) is 65.9 Å². The van der Waals surface area contributed by atoms with E-state index in [2.05, 4.69) is 8.92 Å². The van der Waals surface area contributed by atoms with E-state index in [1.807, 2.05) is 0 Å². The highest BCUT2D eigenvalue weighted by molar-refractivity contribution is 7.86. The first-order valence-electron chi connectivity index (χ1n) is 8.32. The van der Waals surface area contributed by atoms with Gasteiger partial charge in [-0.1, -0.05) is 17.7 Å². The fraction of sp³-hybridized carbons (Fsp3) is 0.600. The molecule has 36 heavy (non-hydrogen) atoms. The smallest absolute Gasteiger partial charge is 0.257 e. The Morgan fingerprint density at radius 1 is 0.639 bits per heavy atom. The van der Waals surface area contributed by atoms with Crippen molar-refractivity contribution in [2.45, 2.75) is 54.3 Å². The quantitative estimate of drug-likeness (QED) is 0.238. The van der Waals surface area contributed by atoms with Gasteiger partial charge in [-0.2, -0.15) is 74.3 Å². The zero-order chi connectivity index (χ0) is 28.8. The zero-order valence-electron chi connectivity index (χ0n) is 16.6. The highest BCUT2D eigenvalue weighted by atomic mass is 32.2. The van der Waals surface area contributed by atoms with Gasteiger partial charge >= 0.3 is 42.5 Å². The molecule has 0 heterocycles. The molecule has 0 amide bonds. The van der Waals surface area contributed by atoms with Crippen LogP contribution in [0, 0.1) is 6.92 Å². The second-order valence-electron chi connectivity index (χ2n) is 6.57. The molecule has 0 N–H and O–H groups in total. The summed E-state index contributed by atoms with van der Waals surface area (Å²) >= 11 is 0.